The molecule has 0 fully saturated rings. The number of rotatable bonds is 2. The number of anilines is 1. The molecule has 1 N–H and O–H groups in total. The van der Waals surface area contributed by atoms with E-state index >= 15 is 0 Å². The van der Waals surface area contributed by atoms with Crippen molar-refractivity contribution in [2.75, 3.05) is 5.32 Å². The predicted molar refractivity (Wildman–Crippen MR) is 68.6 cm³/mol. The molecule has 0 heterocycles. The largest absolute Gasteiger partial charge is 0.325 e. The molecule has 2 heteroatoms. The fourth-order valence-electron chi connectivity index (χ4n) is 1.42. The van der Waals surface area contributed by atoms with Gasteiger partial charge in [-0.1, -0.05) is 52.8 Å². The van der Waals surface area contributed by atoms with E-state index in [9.17, 15) is 4.79 Å². The Balaban J connectivity index is 2.94. The van der Waals surface area contributed by atoms with Crippen molar-refractivity contribution < 1.29 is 4.79 Å². The topological polar surface area (TPSA) is 29.1 Å². The molecule has 1 aromatic carbocycles. The number of benzene rings is 1. The normalized spacial score (nSPS) is 13.3. The van der Waals surface area contributed by atoms with Gasteiger partial charge in [0.2, 0.25) is 5.91 Å². The molecule has 0 saturated heterocycles. The van der Waals surface area contributed by atoms with Crippen LogP contribution in [-0.4, -0.2) is 5.91 Å². The fraction of sp³-hybridized carbons (Fsp3) is 0.500. The van der Waals surface area contributed by atoms with E-state index in [-0.39, 0.29) is 11.3 Å². The van der Waals surface area contributed by atoms with Gasteiger partial charge in [-0.3, -0.25) is 4.79 Å². The summed E-state index contributed by atoms with van der Waals surface area (Å²) in [6, 6.07) is 7.97. The molecule has 1 rings (SSSR count). The summed E-state index contributed by atoms with van der Waals surface area (Å²) < 4.78 is 0. The van der Waals surface area contributed by atoms with Gasteiger partial charge < -0.3 is 5.32 Å². The molecule has 1 aromatic rings. The van der Waals surface area contributed by atoms with Crippen molar-refractivity contribution in [2.24, 2.45) is 5.41 Å². The van der Waals surface area contributed by atoms with Crippen LogP contribution < -0.4 is 5.32 Å². The lowest BCUT2D eigenvalue weighted by Gasteiger charge is -2.20. The highest BCUT2D eigenvalue weighted by Gasteiger charge is 2.22. The van der Waals surface area contributed by atoms with Gasteiger partial charge in [0.1, 0.15) is 0 Å². The highest BCUT2D eigenvalue weighted by molar-refractivity contribution is 5.95. The minimum atomic E-state index is -0.357. The summed E-state index contributed by atoms with van der Waals surface area (Å²) in [5, 5.41) is 2.99. The summed E-state index contributed by atoms with van der Waals surface area (Å²) in [4.78, 5) is 11.9. The number of nitrogens with one attached hydrogen (secondary N) is 1. The molecule has 0 radical (unpaired) electrons. The first-order chi connectivity index (χ1) is 7.32. The Hall–Kier alpha value is -1.31. The average Bonchev–Trinajstić information content (AvgIpc) is 2.16. The van der Waals surface area contributed by atoms with Gasteiger partial charge in [0.25, 0.3) is 0 Å². The highest BCUT2D eigenvalue weighted by Crippen LogP contribution is 2.25. The monoisotopic (exact) mass is 220 g/mol. The molecule has 0 bridgehead atoms. The van der Waals surface area contributed by atoms with Gasteiger partial charge >= 0.3 is 0 Å². The third kappa shape index (κ3) is 3.09. The van der Waals surface area contributed by atoms with E-state index < -0.39 is 0 Å². The number of para-hydroxylation sites is 1. The van der Waals surface area contributed by atoms with Gasteiger partial charge in [0, 0.05) is 11.1 Å². The lowest BCUT2D eigenvalue weighted by molar-refractivity contribution is -0.123. The SMILES string of the molecule is C[C@@H]([13CH3])c1ccccc1NC(=O)C(C)(C)C. The third-order valence-electron chi connectivity index (χ3n) is 2.51. The molecule has 0 saturated carbocycles. The Kier molecular flexibility index (Phi) is 3.74. The number of amides is 1. The summed E-state index contributed by atoms with van der Waals surface area (Å²) in [6.07, 6.45) is 0. The molecule has 0 aliphatic heterocycles. The predicted octanol–water partition coefficient (Wildman–Crippen LogP) is 3.79. The fourth-order valence-corrected chi connectivity index (χ4v) is 1.42. The van der Waals surface area contributed by atoms with E-state index in [0.717, 1.165) is 5.69 Å². The third-order valence-corrected chi connectivity index (χ3v) is 2.51. The first-order valence-electron chi connectivity index (χ1n) is 5.72. The van der Waals surface area contributed by atoms with Gasteiger partial charge in [-0.25, -0.2) is 0 Å². The van der Waals surface area contributed by atoms with E-state index in [1.807, 2.05) is 39.0 Å². The van der Waals surface area contributed by atoms with Crippen LogP contribution in [0.3, 0.4) is 0 Å². The Morgan fingerprint density at radius 3 is 2.25 bits per heavy atom. The minimum Gasteiger partial charge on any atom is -0.325 e. The Bertz CT molecular complexity index is 375. The number of carbonyl (C=O) groups excluding carboxylic acids is 1. The molecule has 0 aliphatic rings. The molecule has 1 amide bonds. The van der Waals surface area contributed by atoms with Gasteiger partial charge in [-0.2, -0.15) is 0 Å². The molecular formula is C14H21NO. The summed E-state index contributed by atoms with van der Waals surface area (Å²) >= 11 is 0. The summed E-state index contributed by atoms with van der Waals surface area (Å²) in [7, 11) is 0. The quantitative estimate of drug-likeness (QED) is 0.755. The minimum absolute atomic E-state index is 0.0561. The first-order valence-corrected chi connectivity index (χ1v) is 5.72. The van der Waals surface area contributed by atoms with Crippen molar-refractivity contribution in [3.05, 3.63) is 29.8 Å². The lowest BCUT2D eigenvalue weighted by atomic mass is 9.95. The maximum atomic E-state index is 11.9. The molecule has 16 heavy (non-hydrogen) atoms. The average molecular weight is 220 g/mol. The van der Waals surface area contributed by atoms with Crippen LogP contribution in [0.2, 0.25) is 0 Å². The molecule has 0 unspecified atom stereocenters. The van der Waals surface area contributed by atoms with Crippen LogP contribution in [-0.2, 0) is 4.79 Å². The molecule has 2 nitrogen and oxygen atoms in total. The zero-order valence-electron chi connectivity index (χ0n) is 10.8. The van der Waals surface area contributed by atoms with Crippen LogP contribution >= 0.6 is 0 Å². The molecular weight excluding hydrogens is 199 g/mol. The van der Waals surface area contributed by atoms with Crippen LogP contribution in [0.25, 0.3) is 0 Å². The molecule has 0 aliphatic carbocycles. The lowest BCUT2D eigenvalue weighted by Crippen LogP contribution is -2.28. The van der Waals surface area contributed by atoms with E-state index in [1.165, 1.54) is 5.56 Å². The van der Waals surface area contributed by atoms with Crippen LogP contribution in [0.1, 0.15) is 46.1 Å². The maximum Gasteiger partial charge on any atom is 0.229 e. The van der Waals surface area contributed by atoms with Crippen molar-refractivity contribution in [1.82, 2.24) is 0 Å². The number of hydrogen-bond donors (Lipinski definition) is 1. The smallest absolute Gasteiger partial charge is 0.229 e. The second-order valence-electron chi connectivity index (χ2n) is 5.45. The van der Waals surface area contributed by atoms with Crippen molar-refractivity contribution >= 4 is 11.6 Å². The van der Waals surface area contributed by atoms with Gasteiger partial charge in [-0.05, 0) is 17.5 Å². The summed E-state index contributed by atoms with van der Waals surface area (Å²) in [5.41, 5.74) is 1.75. The van der Waals surface area contributed by atoms with Crippen molar-refractivity contribution in [2.45, 2.75) is 40.5 Å². The molecule has 1 atom stereocenters. The van der Waals surface area contributed by atoms with E-state index in [0.29, 0.717) is 5.92 Å². The summed E-state index contributed by atoms with van der Waals surface area (Å²) in [6.45, 7) is 10.0. The van der Waals surface area contributed by atoms with Crippen LogP contribution in [0.5, 0.6) is 0 Å². The second kappa shape index (κ2) is 4.69. The Morgan fingerprint density at radius 2 is 1.75 bits per heavy atom. The van der Waals surface area contributed by atoms with E-state index in [4.69, 9.17) is 0 Å². The van der Waals surface area contributed by atoms with Crippen molar-refractivity contribution in [3.63, 3.8) is 0 Å². The zero-order valence-corrected chi connectivity index (χ0v) is 10.8. The Morgan fingerprint density at radius 1 is 1.19 bits per heavy atom. The van der Waals surface area contributed by atoms with Crippen LogP contribution in [0.4, 0.5) is 5.69 Å². The summed E-state index contributed by atoms with van der Waals surface area (Å²) in [5.74, 6) is 0.470. The highest BCUT2D eigenvalue weighted by atomic mass is 16.2. The molecule has 88 valence electrons. The molecule has 0 aromatic heterocycles. The molecule has 0 spiro atoms. The van der Waals surface area contributed by atoms with Gasteiger partial charge in [-0.15, -0.1) is 0 Å². The van der Waals surface area contributed by atoms with Gasteiger partial charge in [0.15, 0.2) is 0 Å². The Labute approximate surface area is 98.1 Å². The number of hydrogen-bond acceptors (Lipinski definition) is 1. The van der Waals surface area contributed by atoms with Crippen LogP contribution in [0, 0.1) is 5.41 Å². The van der Waals surface area contributed by atoms with Crippen molar-refractivity contribution in [1.29, 1.82) is 0 Å². The van der Waals surface area contributed by atoms with Crippen molar-refractivity contribution in [3.8, 4) is 0 Å². The second-order valence-corrected chi connectivity index (χ2v) is 5.45. The van der Waals surface area contributed by atoms with Gasteiger partial charge in [0.05, 0.1) is 0 Å². The van der Waals surface area contributed by atoms with E-state index in [1.54, 1.807) is 0 Å². The van der Waals surface area contributed by atoms with Crippen LogP contribution in [0.15, 0.2) is 24.3 Å². The first kappa shape index (κ1) is 12.8. The number of carbonyl (C=O) groups is 1. The van der Waals surface area contributed by atoms with E-state index in [2.05, 4.69) is 25.2 Å². The standard InChI is InChI=1S/C14H21NO/c1-10(2)11-8-6-7-9-12(11)15-13(16)14(3,4)5/h6-10H,1-5H3,(H,15,16)/i1+1/t10-/m1/s1. The zero-order chi connectivity index (χ0) is 12.3. The maximum absolute atomic E-state index is 11.9.